The number of rotatable bonds is 8. The molecular formula is C17H27F2NO. The number of hydrogen-bond acceptors (Lipinski definition) is 2. The van der Waals surface area contributed by atoms with Crippen molar-refractivity contribution in [2.45, 2.75) is 58.4 Å². The Hall–Kier alpha value is -1.16. The molecule has 0 fully saturated rings. The van der Waals surface area contributed by atoms with E-state index in [1.54, 1.807) is 0 Å². The first-order chi connectivity index (χ1) is 9.83. The Kier molecular flexibility index (Phi) is 7.09. The van der Waals surface area contributed by atoms with E-state index in [0.29, 0.717) is 6.42 Å². The summed E-state index contributed by atoms with van der Waals surface area (Å²) in [5.74, 6) is -0.801. The average Bonchev–Trinajstić information content (AvgIpc) is 2.38. The lowest BCUT2D eigenvalue weighted by molar-refractivity contribution is 0.404. The number of nitrogens with one attached hydrogen (secondary N) is 1. The third kappa shape index (κ3) is 6.89. The van der Waals surface area contributed by atoms with Crippen molar-refractivity contribution in [1.82, 2.24) is 5.32 Å². The van der Waals surface area contributed by atoms with Crippen LogP contribution in [0.3, 0.4) is 0 Å². The van der Waals surface area contributed by atoms with E-state index in [1.165, 1.54) is 19.2 Å². The Morgan fingerprint density at radius 2 is 1.57 bits per heavy atom. The van der Waals surface area contributed by atoms with E-state index in [-0.39, 0.29) is 16.9 Å². The summed E-state index contributed by atoms with van der Waals surface area (Å²) in [4.78, 5) is 0. The number of methoxy groups -OCH3 is 1. The van der Waals surface area contributed by atoms with Crippen LogP contribution in [0.15, 0.2) is 12.1 Å². The van der Waals surface area contributed by atoms with Crippen molar-refractivity contribution in [3.63, 3.8) is 0 Å². The Labute approximate surface area is 126 Å². The molecular weight excluding hydrogens is 272 g/mol. The second-order valence-corrected chi connectivity index (χ2v) is 6.41. The maximum absolute atomic E-state index is 13.7. The van der Waals surface area contributed by atoms with Crippen molar-refractivity contribution < 1.29 is 13.5 Å². The Balaban J connectivity index is 2.27. The third-order valence-corrected chi connectivity index (χ3v) is 3.36. The first-order valence-corrected chi connectivity index (χ1v) is 7.60. The minimum absolute atomic E-state index is 0.148. The molecule has 0 saturated carbocycles. The van der Waals surface area contributed by atoms with E-state index < -0.39 is 11.6 Å². The van der Waals surface area contributed by atoms with Gasteiger partial charge in [-0.3, -0.25) is 0 Å². The van der Waals surface area contributed by atoms with Crippen LogP contribution in [0.2, 0.25) is 0 Å². The van der Waals surface area contributed by atoms with E-state index in [4.69, 9.17) is 4.74 Å². The van der Waals surface area contributed by atoms with Crippen LogP contribution in [0.4, 0.5) is 8.78 Å². The molecule has 21 heavy (non-hydrogen) atoms. The van der Waals surface area contributed by atoms with Crippen molar-refractivity contribution >= 4 is 0 Å². The van der Waals surface area contributed by atoms with Gasteiger partial charge in [-0.15, -0.1) is 0 Å². The summed E-state index contributed by atoms with van der Waals surface area (Å²) in [5.41, 5.74) is 0.318. The standard InChI is InChI=1S/C17H27F2NO/c1-17(2,3)20-10-8-6-5-7-9-14-15(18)11-13(21-4)12-16(14)19/h11-12,20H,5-10H2,1-4H3. The molecule has 0 aliphatic carbocycles. The Morgan fingerprint density at radius 1 is 1.00 bits per heavy atom. The topological polar surface area (TPSA) is 21.3 Å². The molecule has 0 atom stereocenters. The second-order valence-electron chi connectivity index (χ2n) is 6.41. The molecule has 0 radical (unpaired) electrons. The van der Waals surface area contributed by atoms with E-state index in [0.717, 1.165) is 32.2 Å². The molecule has 0 bridgehead atoms. The van der Waals surface area contributed by atoms with Crippen molar-refractivity contribution in [1.29, 1.82) is 0 Å². The summed E-state index contributed by atoms with van der Waals surface area (Å²) in [6.07, 6.45) is 4.38. The minimum Gasteiger partial charge on any atom is -0.497 e. The van der Waals surface area contributed by atoms with Gasteiger partial charge in [0, 0.05) is 23.2 Å². The molecule has 120 valence electrons. The monoisotopic (exact) mass is 299 g/mol. The summed E-state index contributed by atoms with van der Waals surface area (Å²) in [6.45, 7) is 7.40. The Bertz CT molecular complexity index is 418. The quantitative estimate of drug-likeness (QED) is 0.715. The highest BCUT2D eigenvalue weighted by Gasteiger charge is 2.11. The number of ether oxygens (including phenoxy) is 1. The Morgan fingerprint density at radius 3 is 2.10 bits per heavy atom. The zero-order valence-corrected chi connectivity index (χ0v) is 13.6. The smallest absolute Gasteiger partial charge is 0.133 e. The molecule has 4 heteroatoms. The van der Waals surface area contributed by atoms with Crippen molar-refractivity contribution in [3.05, 3.63) is 29.3 Å². The molecule has 1 N–H and O–H groups in total. The maximum Gasteiger partial charge on any atom is 0.133 e. The molecule has 0 spiro atoms. The van der Waals surface area contributed by atoms with Crippen molar-refractivity contribution in [2.24, 2.45) is 0 Å². The molecule has 0 saturated heterocycles. The second kappa shape index (κ2) is 8.32. The lowest BCUT2D eigenvalue weighted by Crippen LogP contribution is -2.36. The van der Waals surface area contributed by atoms with Gasteiger partial charge in [-0.05, 0) is 46.6 Å². The zero-order valence-electron chi connectivity index (χ0n) is 13.6. The normalized spacial score (nSPS) is 11.7. The van der Waals surface area contributed by atoms with Gasteiger partial charge in [-0.1, -0.05) is 12.8 Å². The van der Waals surface area contributed by atoms with Crippen LogP contribution in [0.1, 0.15) is 52.0 Å². The minimum atomic E-state index is -0.513. The molecule has 1 aromatic rings. The van der Waals surface area contributed by atoms with Gasteiger partial charge in [-0.2, -0.15) is 0 Å². The first kappa shape index (κ1) is 17.9. The molecule has 0 aliphatic heterocycles. The van der Waals surface area contributed by atoms with Gasteiger partial charge in [-0.25, -0.2) is 8.78 Å². The van der Waals surface area contributed by atoms with Gasteiger partial charge in [0.2, 0.25) is 0 Å². The van der Waals surface area contributed by atoms with E-state index in [2.05, 4.69) is 26.1 Å². The van der Waals surface area contributed by atoms with Gasteiger partial charge in [0.15, 0.2) is 0 Å². The molecule has 1 aromatic carbocycles. The van der Waals surface area contributed by atoms with E-state index in [1.807, 2.05) is 0 Å². The maximum atomic E-state index is 13.7. The average molecular weight is 299 g/mol. The van der Waals surface area contributed by atoms with Crippen LogP contribution in [-0.4, -0.2) is 19.2 Å². The molecule has 0 aromatic heterocycles. The fraction of sp³-hybridized carbons (Fsp3) is 0.647. The van der Waals surface area contributed by atoms with Crippen LogP contribution in [0.5, 0.6) is 5.75 Å². The van der Waals surface area contributed by atoms with Crippen LogP contribution < -0.4 is 10.1 Å². The van der Waals surface area contributed by atoms with Gasteiger partial charge in [0.25, 0.3) is 0 Å². The molecule has 0 heterocycles. The van der Waals surface area contributed by atoms with Crippen LogP contribution in [-0.2, 0) is 6.42 Å². The van der Waals surface area contributed by atoms with E-state index in [9.17, 15) is 8.78 Å². The summed E-state index contributed by atoms with van der Waals surface area (Å²) in [5, 5.41) is 3.43. The van der Waals surface area contributed by atoms with Crippen LogP contribution >= 0.6 is 0 Å². The molecule has 2 nitrogen and oxygen atoms in total. The number of hydrogen-bond donors (Lipinski definition) is 1. The molecule has 0 unspecified atom stereocenters. The molecule has 0 aliphatic rings. The van der Waals surface area contributed by atoms with Crippen LogP contribution in [0.25, 0.3) is 0 Å². The van der Waals surface area contributed by atoms with Crippen molar-refractivity contribution in [2.75, 3.05) is 13.7 Å². The zero-order chi connectivity index (χ0) is 15.9. The highest BCUT2D eigenvalue weighted by atomic mass is 19.1. The van der Waals surface area contributed by atoms with Gasteiger partial charge >= 0.3 is 0 Å². The summed E-state index contributed by atoms with van der Waals surface area (Å²) in [6, 6.07) is 2.48. The molecule has 1 rings (SSSR count). The molecule has 0 amide bonds. The lowest BCUT2D eigenvalue weighted by atomic mass is 10.0. The predicted molar refractivity (Wildman–Crippen MR) is 82.8 cm³/mol. The third-order valence-electron chi connectivity index (χ3n) is 3.36. The van der Waals surface area contributed by atoms with Crippen molar-refractivity contribution in [3.8, 4) is 5.75 Å². The fourth-order valence-corrected chi connectivity index (χ4v) is 2.18. The highest BCUT2D eigenvalue weighted by Crippen LogP contribution is 2.22. The SMILES string of the molecule is COc1cc(F)c(CCCCCCNC(C)(C)C)c(F)c1. The van der Waals surface area contributed by atoms with E-state index >= 15 is 0 Å². The summed E-state index contributed by atoms with van der Waals surface area (Å²) < 4.78 is 32.3. The first-order valence-electron chi connectivity index (χ1n) is 7.60. The van der Waals surface area contributed by atoms with Gasteiger partial charge in [0.05, 0.1) is 7.11 Å². The summed E-state index contributed by atoms with van der Waals surface area (Å²) in [7, 11) is 1.40. The highest BCUT2D eigenvalue weighted by molar-refractivity contribution is 5.30. The van der Waals surface area contributed by atoms with Crippen LogP contribution in [0, 0.1) is 11.6 Å². The number of unbranched alkanes of at least 4 members (excludes halogenated alkanes) is 3. The fourth-order valence-electron chi connectivity index (χ4n) is 2.18. The van der Waals surface area contributed by atoms with Gasteiger partial charge < -0.3 is 10.1 Å². The van der Waals surface area contributed by atoms with Gasteiger partial charge in [0.1, 0.15) is 17.4 Å². The summed E-state index contributed by atoms with van der Waals surface area (Å²) >= 11 is 0. The number of halogens is 2. The lowest BCUT2D eigenvalue weighted by Gasteiger charge is -2.20. The predicted octanol–water partition coefficient (Wildman–Crippen LogP) is 4.46. The largest absolute Gasteiger partial charge is 0.497 e. The number of benzene rings is 1.